The molecule has 1 fully saturated rings. The lowest BCUT2D eigenvalue weighted by Gasteiger charge is -2.36. The lowest BCUT2D eigenvalue weighted by atomic mass is 10.0. The van der Waals surface area contributed by atoms with E-state index < -0.39 is 0 Å². The standard InChI is InChI=1S/C28H35N5O/c1-6-25-24(18-23-10-7-19(2)8-11-23)27(30-22(5)29-25)32-13-15-33(16-14-32)28(34)31-26-12-9-20(3)17-21(26)4/h7-12,17H,6,13-16,18H2,1-5H3,(H,31,34). The molecule has 6 heteroatoms. The summed E-state index contributed by atoms with van der Waals surface area (Å²) in [4.78, 5) is 26.7. The van der Waals surface area contributed by atoms with Crippen molar-refractivity contribution in [3.05, 3.63) is 81.8 Å². The van der Waals surface area contributed by atoms with Crippen LogP contribution < -0.4 is 10.2 Å². The Bertz CT molecular complexity index is 1160. The summed E-state index contributed by atoms with van der Waals surface area (Å²) in [6.45, 7) is 13.1. The van der Waals surface area contributed by atoms with Gasteiger partial charge in [0.25, 0.3) is 0 Å². The van der Waals surface area contributed by atoms with Crippen molar-refractivity contribution in [2.75, 3.05) is 36.4 Å². The predicted molar refractivity (Wildman–Crippen MR) is 139 cm³/mol. The van der Waals surface area contributed by atoms with E-state index in [1.54, 1.807) is 0 Å². The van der Waals surface area contributed by atoms with E-state index in [1.807, 2.05) is 30.9 Å². The fraction of sp³-hybridized carbons (Fsp3) is 0.393. The van der Waals surface area contributed by atoms with Crippen molar-refractivity contribution in [2.45, 2.75) is 47.5 Å². The molecule has 178 valence electrons. The van der Waals surface area contributed by atoms with E-state index in [0.717, 1.165) is 54.5 Å². The Morgan fingerprint density at radius 1 is 0.912 bits per heavy atom. The monoisotopic (exact) mass is 457 g/mol. The van der Waals surface area contributed by atoms with Crippen LogP contribution in [-0.2, 0) is 12.8 Å². The first kappa shape index (κ1) is 23.7. The largest absolute Gasteiger partial charge is 0.353 e. The summed E-state index contributed by atoms with van der Waals surface area (Å²) in [5, 5.41) is 3.08. The summed E-state index contributed by atoms with van der Waals surface area (Å²) in [6.07, 6.45) is 1.68. The van der Waals surface area contributed by atoms with Crippen LogP contribution in [0.15, 0.2) is 42.5 Å². The van der Waals surface area contributed by atoms with E-state index in [1.165, 1.54) is 22.3 Å². The van der Waals surface area contributed by atoms with Crippen molar-refractivity contribution in [1.82, 2.24) is 14.9 Å². The van der Waals surface area contributed by atoms with Crippen LogP contribution in [0.25, 0.3) is 0 Å². The summed E-state index contributed by atoms with van der Waals surface area (Å²) < 4.78 is 0. The van der Waals surface area contributed by atoms with Gasteiger partial charge in [0.1, 0.15) is 11.6 Å². The van der Waals surface area contributed by atoms with Crippen molar-refractivity contribution in [2.24, 2.45) is 0 Å². The topological polar surface area (TPSA) is 61.4 Å². The van der Waals surface area contributed by atoms with Gasteiger partial charge in [-0.15, -0.1) is 0 Å². The number of benzene rings is 2. The van der Waals surface area contributed by atoms with Crippen LogP contribution in [0.4, 0.5) is 16.3 Å². The van der Waals surface area contributed by atoms with Crippen molar-refractivity contribution in [3.63, 3.8) is 0 Å². The number of carbonyl (C=O) groups excluding carboxylic acids is 1. The van der Waals surface area contributed by atoms with Crippen molar-refractivity contribution in [3.8, 4) is 0 Å². The number of urea groups is 1. The summed E-state index contributed by atoms with van der Waals surface area (Å²) in [5.74, 6) is 1.81. The lowest BCUT2D eigenvalue weighted by Crippen LogP contribution is -2.50. The Hall–Kier alpha value is -3.41. The SMILES string of the molecule is CCc1nc(C)nc(N2CCN(C(=O)Nc3ccc(C)cc3C)CC2)c1Cc1ccc(C)cc1. The molecule has 2 heterocycles. The number of anilines is 2. The van der Waals surface area contributed by atoms with Gasteiger partial charge in [-0.05, 0) is 51.3 Å². The summed E-state index contributed by atoms with van der Waals surface area (Å²) in [5.41, 5.74) is 7.98. The molecule has 1 aliphatic heterocycles. The molecule has 3 aromatic rings. The maximum Gasteiger partial charge on any atom is 0.321 e. The molecule has 2 aromatic carbocycles. The van der Waals surface area contributed by atoms with E-state index in [9.17, 15) is 4.79 Å². The molecule has 0 spiro atoms. The fourth-order valence-corrected chi connectivity index (χ4v) is 4.55. The maximum absolute atomic E-state index is 12.9. The summed E-state index contributed by atoms with van der Waals surface area (Å²) in [6, 6.07) is 14.7. The highest BCUT2D eigenvalue weighted by atomic mass is 16.2. The number of nitrogens with one attached hydrogen (secondary N) is 1. The number of rotatable bonds is 5. The molecule has 1 aromatic heterocycles. The zero-order chi connectivity index (χ0) is 24.2. The number of nitrogens with zero attached hydrogens (tertiary/aromatic N) is 4. The van der Waals surface area contributed by atoms with Crippen molar-refractivity contribution < 1.29 is 4.79 Å². The summed E-state index contributed by atoms with van der Waals surface area (Å²) >= 11 is 0. The first-order valence-electron chi connectivity index (χ1n) is 12.1. The van der Waals surface area contributed by atoms with Gasteiger partial charge in [-0.1, -0.05) is 54.4 Å². The highest BCUT2D eigenvalue weighted by Gasteiger charge is 2.25. The van der Waals surface area contributed by atoms with Crippen molar-refractivity contribution in [1.29, 1.82) is 0 Å². The van der Waals surface area contributed by atoms with Crippen molar-refractivity contribution >= 4 is 17.5 Å². The molecule has 2 amide bonds. The third-order valence-electron chi connectivity index (χ3n) is 6.51. The van der Waals surface area contributed by atoms with Crippen LogP contribution in [0.3, 0.4) is 0 Å². The highest BCUT2D eigenvalue weighted by molar-refractivity contribution is 5.90. The van der Waals surface area contributed by atoms with Gasteiger partial charge >= 0.3 is 6.03 Å². The first-order chi connectivity index (χ1) is 16.3. The van der Waals surface area contributed by atoms with E-state index in [2.05, 4.69) is 61.3 Å². The van der Waals surface area contributed by atoms with Gasteiger partial charge in [-0.3, -0.25) is 0 Å². The molecule has 0 atom stereocenters. The highest BCUT2D eigenvalue weighted by Crippen LogP contribution is 2.26. The Balaban J connectivity index is 1.49. The molecule has 0 radical (unpaired) electrons. The van der Waals surface area contributed by atoms with Gasteiger partial charge < -0.3 is 15.1 Å². The van der Waals surface area contributed by atoms with E-state index in [-0.39, 0.29) is 6.03 Å². The van der Waals surface area contributed by atoms with Gasteiger partial charge in [0.05, 0.1) is 0 Å². The predicted octanol–water partition coefficient (Wildman–Crippen LogP) is 5.22. The molecule has 1 saturated heterocycles. The Morgan fingerprint density at radius 2 is 1.59 bits per heavy atom. The molecule has 0 bridgehead atoms. The molecule has 6 nitrogen and oxygen atoms in total. The molecule has 1 aliphatic rings. The minimum atomic E-state index is -0.0420. The van der Waals surface area contributed by atoms with E-state index in [0.29, 0.717) is 13.1 Å². The number of piperazine rings is 1. The molecule has 1 N–H and O–H groups in total. The second-order valence-corrected chi connectivity index (χ2v) is 9.26. The average molecular weight is 458 g/mol. The smallest absolute Gasteiger partial charge is 0.321 e. The number of aryl methyl sites for hydroxylation is 5. The minimum Gasteiger partial charge on any atom is -0.353 e. The van der Waals surface area contributed by atoms with E-state index in [4.69, 9.17) is 9.97 Å². The molecule has 0 aliphatic carbocycles. The molecule has 0 unspecified atom stereocenters. The molecule has 4 rings (SSSR count). The van der Waals surface area contributed by atoms with Crippen LogP contribution >= 0.6 is 0 Å². The normalized spacial score (nSPS) is 13.8. The Kier molecular flexibility index (Phi) is 7.15. The average Bonchev–Trinajstić information content (AvgIpc) is 2.83. The van der Waals surface area contributed by atoms with Gasteiger partial charge in [0, 0.05) is 49.5 Å². The minimum absolute atomic E-state index is 0.0420. The zero-order valence-electron chi connectivity index (χ0n) is 21.0. The van der Waals surface area contributed by atoms with Crippen LogP contribution in [0.1, 0.15) is 46.3 Å². The first-order valence-corrected chi connectivity index (χ1v) is 12.1. The fourth-order valence-electron chi connectivity index (χ4n) is 4.55. The van der Waals surface area contributed by atoms with E-state index >= 15 is 0 Å². The van der Waals surface area contributed by atoms with Gasteiger partial charge in [0.2, 0.25) is 0 Å². The second kappa shape index (κ2) is 10.2. The van der Waals surface area contributed by atoms with Gasteiger partial charge in [-0.2, -0.15) is 0 Å². The van der Waals surface area contributed by atoms with Gasteiger partial charge in [0.15, 0.2) is 0 Å². The summed E-state index contributed by atoms with van der Waals surface area (Å²) in [7, 11) is 0. The van der Waals surface area contributed by atoms with Gasteiger partial charge in [-0.25, -0.2) is 14.8 Å². The third-order valence-corrected chi connectivity index (χ3v) is 6.51. The number of hydrogen-bond donors (Lipinski definition) is 1. The zero-order valence-corrected chi connectivity index (χ0v) is 21.0. The Morgan fingerprint density at radius 3 is 2.24 bits per heavy atom. The Labute approximate surface area is 203 Å². The molecular formula is C28H35N5O. The quantitative estimate of drug-likeness (QED) is 0.571. The third kappa shape index (κ3) is 5.38. The molecule has 34 heavy (non-hydrogen) atoms. The number of carbonyl (C=O) groups is 1. The number of aromatic nitrogens is 2. The van der Waals surface area contributed by atoms with Crippen LogP contribution in [0.5, 0.6) is 0 Å². The number of hydrogen-bond acceptors (Lipinski definition) is 4. The maximum atomic E-state index is 12.9. The molecule has 0 saturated carbocycles. The number of amides is 2. The van der Waals surface area contributed by atoms with Crippen LogP contribution in [0.2, 0.25) is 0 Å². The van der Waals surface area contributed by atoms with Crippen LogP contribution in [0, 0.1) is 27.7 Å². The van der Waals surface area contributed by atoms with Crippen LogP contribution in [-0.4, -0.2) is 47.1 Å². The second-order valence-electron chi connectivity index (χ2n) is 9.26. The lowest BCUT2D eigenvalue weighted by molar-refractivity contribution is 0.208. The molecular weight excluding hydrogens is 422 g/mol.